The lowest BCUT2D eigenvalue weighted by molar-refractivity contribution is 1.03. The summed E-state index contributed by atoms with van der Waals surface area (Å²) < 4.78 is 0. The molecule has 3 heterocycles. The first-order chi connectivity index (χ1) is 10.1. The maximum absolute atomic E-state index is 6.16. The van der Waals surface area contributed by atoms with Crippen LogP contribution in [-0.4, -0.2) is 24.9 Å². The number of anilines is 1. The van der Waals surface area contributed by atoms with Gasteiger partial charge in [0, 0.05) is 18.9 Å². The van der Waals surface area contributed by atoms with E-state index in [0.29, 0.717) is 28.8 Å². The van der Waals surface area contributed by atoms with Gasteiger partial charge in [-0.2, -0.15) is 9.97 Å². The van der Waals surface area contributed by atoms with Crippen LogP contribution in [0.1, 0.15) is 17.0 Å². The van der Waals surface area contributed by atoms with Gasteiger partial charge in [0.15, 0.2) is 10.8 Å². The van der Waals surface area contributed by atoms with Gasteiger partial charge >= 0.3 is 0 Å². The van der Waals surface area contributed by atoms with Gasteiger partial charge in [-0.3, -0.25) is 4.98 Å². The monoisotopic (exact) mass is 300 g/mol. The van der Waals surface area contributed by atoms with Crippen LogP contribution in [0.25, 0.3) is 11.2 Å². The van der Waals surface area contributed by atoms with Gasteiger partial charge in [0.05, 0.1) is 11.4 Å². The summed E-state index contributed by atoms with van der Waals surface area (Å²) in [6.45, 7) is 4.36. The number of pyridine rings is 1. The summed E-state index contributed by atoms with van der Waals surface area (Å²) in [6.07, 6.45) is 3.48. The van der Waals surface area contributed by atoms with Crippen LogP contribution in [0, 0.1) is 13.8 Å². The molecule has 3 aromatic heterocycles. The summed E-state index contributed by atoms with van der Waals surface area (Å²) >= 11 is 6.16. The first-order valence-corrected chi connectivity index (χ1v) is 6.82. The normalized spacial score (nSPS) is 10.8. The summed E-state index contributed by atoms with van der Waals surface area (Å²) in [5.41, 5.74) is 3.75. The van der Waals surface area contributed by atoms with Crippen LogP contribution in [0.15, 0.2) is 24.5 Å². The van der Waals surface area contributed by atoms with Gasteiger partial charge in [-0.1, -0.05) is 11.6 Å². The Bertz CT molecular complexity index is 790. The second-order valence-electron chi connectivity index (χ2n) is 4.61. The lowest BCUT2D eigenvalue weighted by Gasteiger charge is -2.07. The molecule has 7 heteroatoms. The standard InChI is InChI=1S/C14H13ClN6/c1-8-9(2)19-13-11(18-8)12(15)20-14(21-13)17-7-10-3-5-16-6-4-10/h3-6H,7H2,1-2H3,(H,17,19,20,21). The van der Waals surface area contributed by atoms with Crippen LogP contribution >= 0.6 is 11.6 Å². The molecule has 0 unspecified atom stereocenters. The highest BCUT2D eigenvalue weighted by Crippen LogP contribution is 2.20. The summed E-state index contributed by atoms with van der Waals surface area (Å²) in [5.74, 6) is 0.432. The molecule has 0 aliphatic carbocycles. The minimum Gasteiger partial charge on any atom is -0.350 e. The van der Waals surface area contributed by atoms with Gasteiger partial charge in [-0.05, 0) is 31.5 Å². The largest absolute Gasteiger partial charge is 0.350 e. The van der Waals surface area contributed by atoms with Crippen molar-refractivity contribution in [3.8, 4) is 0 Å². The summed E-state index contributed by atoms with van der Waals surface area (Å²) in [6, 6.07) is 3.84. The van der Waals surface area contributed by atoms with Gasteiger partial charge < -0.3 is 5.32 Å². The van der Waals surface area contributed by atoms with Crippen molar-refractivity contribution < 1.29 is 0 Å². The van der Waals surface area contributed by atoms with Gasteiger partial charge in [-0.25, -0.2) is 9.97 Å². The molecule has 0 radical (unpaired) electrons. The molecular formula is C14H13ClN6. The molecule has 3 rings (SSSR count). The van der Waals surface area contributed by atoms with E-state index in [1.165, 1.54) is 0 Å². The SMILES string of the molecule is Cc1nc2nc(NCc3ccncc3)nc(Cl)c2nc1C. The Labute approximate surface area is 126 Å². The van der Waals surface area contributed by atoms with Gasteiger partial charge in [0.1, 0.15) is 5.52 Å². The van der Waals surface area contributed by atoms with Crippen LogP contribution in [0.3, 0.4) is 0 Å². The molecule has 1 N–H and O–H groups in total. The quantitative estimate of drug-likeness (QED) is 0.749. The maximum atomic E-state index is 6.16. The van der Waals surface area contributed by atoms with E-state index in [0.717, 1.165) is 17.0 Å². The molecule has 0 bridgehead atoms. The molecule has 0 fully saturated rings. The average Bonchev–Trinajstić information content (AvgIpc) is 2.48. The van der Waals surface area contributed by atoms with Gasteiger partial charge in [0.25, 0.3) is 0 Å². The van der Waals surface area contributed by atoms with E-state index < -0.39 is 0 Å². The number of hydrogen-bond donors (Lipinski definition) is 1. The molecule has 0 aliphatic heterocycles. The van der Waals surface area contributed by atoms with Crippen LogP contribution in [0.5, 0.6) is 0 Å². The number of hydrogen-bond acceptors (Lipinski definition) is 6. The Balaban J connectivity index is 1.91. The van der Waals surface area contributed by atoms with Crippen LogP contribution in [0.2, 0.25) is 5.15 Å². The molecule has 0 saturated heterocycles. The second kappa shape index (κ2) is 5.57. The molecule has 0 aromatic carbocycles. The molecule has 0 aliphatic rings. The number of rotatable bonds is 3. The highest BCUT2D eigenvalue weighted by atomic mass is 35.5. The average molecular weight is 301 g/mol. The first kappa shape index (κ1) is 13.6. The van der Waals surface area contributed by atoms with E-state index in [4.69, 9.17) is 11.6 Å². The Morgan fingerprint density at radius 2 is 1.71 bits per heavy atom. The molecule has 0 saturated carbocycles. The summed E-state index contributed by atoms with van der Waals surface area (Å²) in [7, 11) is 0. The van der Waals surface area contributed by atoms with Crippen molar-refractivity contribution in [2.24, 2.45) is 0 Å². The smallest absolute Gasteiger partial charge is 0.226 e. The number of nitrogens with zero attached hydrogens (tertiary/aromatic N) is 5. The number of nitrogens with one attached hydrogen (secondary N) is 1. The van der Waals surface area contributed by atoms with Crippen molar-refractivity contribution in [1.29, 1.82) is 0 Å². The zero-order chi connectivity index (χ0) is 14.8. The number of aryl methyl sites for hydroxylation is 2. The molecular weight excluding hydrogens is 288 g/mol. The minimum atomic E-state index is 0.299. The lowest BCUT2D eigenvalue weighted by atomic mass is 10.3. The molecule has 6 nitrogen and oxygen atoms in total. The fraction of sp³-hybridized carbons (Fsp3) is 0.214. The highest BCUT2D eigenvalue weighted by molar-refractivity contribution is 6.33. The Hall–Kier alpha value is -2.34. The number of fused-ring (bicyclic) bond motifs is 1. The molecule has 21 heavy (non-hydrogen) atoms. The van der Waals surface area contributed by atoms with Crippen molar-refractivity contribution in [3.05, 3.63) is 46.6 Å². The fourth-order valence-electron chi connectivity index (χ4n) is 1.84. The van der Waals surface area contributed by atoms with Crippen LogP contribution < -0.4 is 5.32 Å². The van der Waals surface area contributed by atoms with E-state index in [1.54, 1.807) is 12.4 Å². The predicted octanol–water partition coefficient (Wildman–Crippen LogP) is 2.70. The van der Waals surface area contributed by atoms with E-state index in [9.17, 15) is 0 Å². The van der Waals surface area contributed by atoms with E-state index in [2.05, 4.69) is 30.2 Å². The van der Waals surface area contributed by atoms with Crippen molar-refractivity contribution >= 4 is 28.7 Å². The van der Waals surface area contributed by atoms with Crippen molar-refractivity contribution in [1.82, 2.24) is 24.9 Å². The summed E-state index contributed by atoms with van der Waals surface area (Å²) in [5, 5.41) is 3.42. The highest BCUT2D eigenvalue weighted by Gasteiger charge is 2.10. The summed E-state index contributed by atoms with van der Waals surface area (Å²) in [4.78, 5) is 21.3. The Morgan fingerprint density at radius 3 is 2.48 bits per heavy atom. The minimum absolute atomic E-state index is 0.299. The third kappa shape index (κ3) is 2.90. The predicted molar refractivity (Wildman–Crippen MR) is 81.2 cm³/mol. The van der Waals surface area contributed by atoms with Crippen LogP contribution in [-0.2, 0) is 6.54 Å². The van der Waals surface area contributed by atoms with Crippen molar-refractivity contribution in [3.63, 3.8) is 0 Å². The van der Waals surface area contributed by atoms with E-state index >= 15 is 0 Å². The topological polar surface area (TPSA) is 76.5 Å². The maximum Gasteiger partial charge on any atom is 0.226 e. The van der Waals surface area contributed by atoms with E-state index in [1.807, 2.05) is 26.0 Å². The zero-order valence-electron chi connectivity index (χ0n) is 11.6. The van der Waals surface area contributed by atoms with Crippen molar-refractivity contribution in [2.45, 2.75) is 20.4 Å². The molecule has 3 aromatic rings. The molecule has 0 atom stereocenters. The number of aromatic nitrogens is 5. The molecule has 0 amide bonds. The van der Waals surface area contributed by atoms with E-state index in [-0.39, 0.29) is 0 Å². The number of halogens is 1. The third-order valence-corrected chi connectivity index (χ3v) is 3.36. The molecule has 106 valence electrons. The Kier molecular flexibility index (Phi) is 3.62. The molecule has 0 spiro atoms. The second-order valence-corrected chi connectivity index (χ2v) is 4.97. The van der Waals surface area contributed by atoms with Crippen molar-refractivity contribution in [2.75, 3.05) is 5.32 Å². The first-order valence-electron chi connectivity index (χ1n) is 6.45. The zero-order valence-corrected chi connectivity index (χ0v) is 12.4. The third-order valence-electron chi connectivity index (χ3n) is 3.10. The van der Waals surface area contributed by atoms with Gasteiger partial charge in [-0.15, -0.1) is 0 Å². The lowest BCUT2D eigenvalue weighted by Crippen LogP contribution is -2.06. The van der Waals surface area contributed by atoms with Gasteiger partial charge in [0.2, 0.25) is 5.95 Å². The Morgan fingerprint density at radius 1 is 1.00 bits per heavy atom. The fourth-order valence-corrected chi connectivity index (χ4v) is 2.05. The van der Waals surface area contributed by atoms with Crippen LogP contribution in [0.4, 0.5) is 5.95 Å².